The molecule has 0 radical (unpaired) electrons. The van der Waals surface area contributed by atoms with Crippen LogP contribution in [0.15, 0.2) is 70.6 Å². The van der Waals surface area contributed by atoms with Crippen molar-refractivity contribution >= 4 is 48.1 Å². The summed E-state index contributed by atoms with van der Waals surface area (Å²) >= 11 is 1.26. The van der Waals surface area contributed by atoms with Crippen molar-refractivity contribution in [3.8, 4) is 5.75 Å². The van der Waals surface area contributed by atoms with E-state index in [1.165, 1.54) is 17.6 Å². The summed E-state index contributed by atoms with van der Waals surface area (Å²) in [5, 5.41) is 2.12. The van der Waals surface area contributed by atoms with Gasteiger partial charge >= 0.3 is 0 Å². The van der Waals surface area contributed by atoms with Crippen LogP contribution in [0.3, 0.4) is 0 Å². The van der Waals surface area contributed by atoms with Crippen molar-refractivity contribution < 1.29 is 22.7 Å². The first kappa shape index (κ1) is 22.2. The minimum atomic E-state index is -3.34. The first-order chi connectivity index (χ1) is 15.3. The van der Waals surface area contributed by atoms with Crippen LogP contribution in [0.4, 0.5) is 0 Å². The van der Waals surface area contributed by atoms with Crippen LogP contribution in [-0.2, 0) is 25.9 Å². The van der Waals surface area contributed by atoms with E-state index in [1.807, 2.05) is 47.0 Å². The number of aromatic nitrogens is 1. The summed E-state index contributed by atoms with van der Waals surface area (Å²) in [5.41, 5.74) is 0.793. The zero-order valence-electron chi connectivity index (χ0n) is 17.6. The summed E-state index contributed by atoms with van der Waals surface area (Å²) in [6.07, 6.45) is 1.17. The van der Waals surface area contributed by atoms with E-state index in [9.17, 15) is 13.2 Å². The van der Waals surface area contributed by atoms with Crippen LogP contribution in [0.2, 0.25) is 0 Å². The van der Waals surface area contributed by atoms with Gasteiger partial charge in [-0.25, -0.2) is 8.42 Å². The van der Waals surface area contributed by atoms with Crippen molar-refractivity contribution in [2.24, 2.45) is 4.99 Å². The summed E-state index contributed by atoms with van der Waals surface area (Å²) in [6.45, 7) is 0.701. The number of nitrogens with zero attached hydrogens (tertiary/aromatic N) is 2. The number of benzene rings is 3. The topological polar surface area (TPSA) is 87.0 Å². The van der Waals surface area contributed by atoms with Crippen LogP contribution < -0.4 is 9.54 Å². The molecule has 32 heavy (non-hydrogen) atoms. The van der Waals surface area contributed by atoms with E-state index >= 15 is 0 Å². The number of carbonyl (C=O) groups is 1. The van der Waals surface area contributed by atoms with Crippen molar-refractivity contribution in [1.82, 2.24) is 4.57 Å². The second kappa shape index (κ2) is 9.23. The Balaban J connectivity index is 1.62. The van der Waals surface area contributed by atoms with Crippen molar-refractivity contribution in [3.05, 3.63) is 65.5 Å². The number of fused-ring (bicyclic) bond motifs is 2. The van der Waals surface area contributed by atoms with Gasteiger partial charge in [-0.2, -0.15) is 4.99 Å². The summed E-state index contributed by atoms with van der Waals surface area (Å²) in [4.78, 5) is 17.5. The Kier molecular flexibility index (Phi) is 6.40. The molecule has 0 bridgehead atoms. The molecule has 0 N–H and O–H groups in total. The first-order valence-electron chi connectivity index (χ1n) is 9.87. The van der Waals surface area contributed by atoms with Crippen LogP contribution in [0.1, 0.15) is 0 Å². The Labute approximate surface area is 189 Å². The van der Waals surface area contributed by atoms with E-state index in [-0.39, 0.29) is 11.5 Å². The quantitative estimate of drug-likeness (QED) is 0.413. The van der Waals surface area contributed by atoms with Gasteiger partial charge in [-0.05, 0) is 41.1 Å². The second-order valence-electron chi connectivity index (χ2n) is 7.23. The molecule has 1 aromatic heterocycles. The lowest BCUT2D eigenvalue weighted by Crippen LogP contribution is -2.21. The van der Waals surface area contributed by atoms with E-state index in [0.29, 0.717) is 23.7 Å². The number of hydrogen-bond donors (Lipinski definition) is 0. The molecule has 0 aliphatic carbocycles. The fourth-order valence-electron chi connectivity index (χ4n) is 3.31. The van der Waals surface area contributed by atoms with E-state index in [0.717, 1.165) is 21.0 Å². The van der Waals surface area contributed by atoms with Gasteiger partial charge in [0.25, 0.3) is 5.91 Å². The summed E-state index contributed by atoms with van der Waals surface area (Å²) < 4.78 is 37.2. The van der Waals surface area contributed by atoms with E-state index in [2.05, 4.69) is 4.99 Å². The summed E-state index contributed by atoms with van der Waals surface area (Å²) in [7, 11) is -1.74. The molecule has 0 fully saturated rings. The number of thiazole rings is 1. The maximum atomic E-state index is 12.6. The molecular formula is C23H22N2O5S2. The van der Waals surface area contributed by atoms with Gasteiger partial charge in [0, 0.05) is 19.9 Å². The average Bonchev–Trinajstić information content (AvgIpc) is 3.11. The molecule has 4 aromatic rings. The molecule has 1 heterocycles. The van der Waals surface area contributed by atoms with Crippen LogP contribution in [0, 0.1) is 0 Å². The van der Waals surface area contributed by atoms with Crippen molar-refractivity contribution in [2.75, 3.05) is 26.6 Å². The molecule has 0 saturated heterocycles. The third-order valence-electron chi connectivity index (χ3n) is 4.90. The standard InChI is InChI=1S/C23H22N2O5S2/c1-29-12-11-25-20-10-9-19(32(2,27)28)14-21(20)31-23(25)24-22(26)15-30-18-8-7-16-5-3-4-6-17(16)13-18/h3-10,13-14H,11-12,15H2,1-2H3. The van der Waals surface area contributed by atoms with Crippen LogP contribution in [0.5, 0.6) is 5.75 Å². The Bertz CT molecular complexity index is 1470. The van der Waals surface area contributed by atoms with E-state index in [4.69, 9.17) is 9.47 Å². The Morgan fingerprint density at radius 3 is 2.59 bits per heavy atom. The predicted molar refractivity (Wildman–Crippen MR) is 125 cm³/mol. The SMILES string of the molecule is COCCn1c(=NC(=O)COc2ccc3ccccc3c2)sc2cc(S(C)(=O)=O)ccc21. The molecule has 9 heteroatoms. The Hall–Kier alpha value is -3.01. The molecule has 4 rings (SSSR count). The smallest absolute Gasteiger partial charge is 0.286 e. The lowest BCUT2D eigenvalue weighted by atomic mass is 10.1. The minimum absolute atomic E-state index is 0.203. The van der Waals surface area contributed by atoms with Crippen molar-refractivity contribution in [3.63, 3.8) is 0 Å². The molecule has 166 valence electrons. The largest absolute Gasteiger partial charge is 0.484 e. The van der Waals surface area contributed by atoms with Gasteiger partial charge in [-0.1, -0.05) is 41.7 Å². The normalized spacial score (nSPS) is 12.5. The summed E-state index contributed by atoms with van der Waals surface area (Å²) in [6, 6.07) is 18.4. The fraction of sp³-hybridized carbons (Fsp3) is 0.217. The number of carbonyl (C=O) groups excluding carboxylic acids is 1. The predicted octanol–water partition coefficient (Wildman–Crippen LogP) is 3.41. The maximum Gasteiger partial charge on any atom is 0.286 e. The average molecular weight is 471 g/mol. The van der Waals surface area contributed by atoms with E-state index in [1.54, 1.807) is 25.3 Å². The van der Waals surface area contributed by atoms with Gasteiger partial charge in [0.2, 0.25) is 0 Å². The fourth-order valence-corrected chi connectivity index (χ4v) is 5.14. The first-order valence-corrected chi connectivity index (χ1v) is 12.6. The number of sulfone groups is 1. The van der Waals surface area contributed by atoms with Crippen LogP contribution >= 0.6 is 11.3 Å². The molecule has 1 amide bonds. The van der Waals surface area contributed by atoms with Gasteiger partial charge < -0.3 is 14.0 Å². The molecule has 0 spiro atoms. The minimum Gasteiger partial charge on any atom is -0.484 e. The highest BCUT2D eigenvalue weighted by Crippen LogP contribution is 2.22. The van der Waals surface area contributed by atoms with Gasteiger partial charge in [-0.15, -0.1) is 0 Å². The number of hydrogen-bond acceptors (Lipinski definition) is 6. The molecule has 0 atom stereocenters. The highest BCUT2D eigenvalue weighted by Gasteiger charge is 2.13. The molecule has 3 aromatic carbocycles. The Morgan fingerprint density at radius 1 is 1.06 bits per heavy atom. The molecule has 0 aliphatic rings. The summed E-state index contributed by atoms with van der Waals surface area (Å²) in [5.74, 6) is 0.160. The van der Waals surface area contributed by atoms with Gasteiger partial charge in [-0.3, -0.25) is 4.79 Å². The monoisotopic (exact) mass is 470 g/mol. The van der Waals surface area contributed by atoms with Crippen LogP contribution in [0.25, 0.3) is 21.0 Å². The third kappa shape index (κ3) is 4.90. The molecule has 0 saturated carbocycles. The highest BCUT2D eigenvalue weighted by atomic mass is 32.2. The molecular weight excluding hydrogens is 448 g/mol. The Morgan fingerprint density at radius 2 is 1.84 bits per heavy atom. The van der Waals surface area contributed by atoms with Gasteiger partial charge in [0.05, 0.1) is 21.7 Å². The molecule has 0 aliphatic heterocycles. The second-order valence-corrected chi connectivity index (χ2v) is 10.3. The van der Waals surface area contributed by atoms with Crippen LogP contribution in [-0.4, -0.2) is 45.5 Å². The number of ether oxygens (including phenoxy) is 2. The van der Waals surface area contributed by atoms with Gasteiger partial charge in [0.15, 0.2) is 21.2 Å². The molecule has 0 unspecified atom stereocenters. The molecule has 7 nitrogen and oxygen atoms in total. The third-order valence-corrected chi connectivity index (χ3v) is 7.06. The number of rotatable bonds is 7. The maximum absolute atomic E-state index is 12.6. The van der Waals surface area contributed by atoms with Gasteiger partial charge in [0.1, 0.15) is 5.75 Å². The lowest BCUT2D eigenvalue weighted by Gasteiger charge is -2.06. The number of amides is 1. The number of methoxy groups -OCH3 is 1. The van der Waals surface area contributed by atoms with E-state index < -0.39 is 15.7 Å². The zero-order chi connectivity index (χ0) is 22.7. The lowest BCUT2D eigenvalue weighted by molar-refractivity contribution is -0.120. The highest BCUT2D eigenvalue weighted by molar-refractivity contribution is 7.90. The zero-order valence-corrected chi connectivity index (χ0v) is 19.3. The van der Waals surface area contributed by atoms with Crippen molar-refractivity contribution in [2.45, 2.75) is 11.4 Å². The van der Waals surface area contributed by atoms with Crippen molar-refractivity contribution in [1.29, 1.82) is 0 Å².